The molecule has 5 nitrogen and oxygen atoms in total. The monoisotopic (exact) mass is 558 g/mol. The fourth-order valence-electron chi connectivity index (χ4n) is 3.31. The van der Waals surface area contributed by atoms with E-state index in [1.807, 2.05) is 6.92 Å². The summed E-state index contributed by atoms with van der Waals surface area (Å²) in [6, 6.07) is 15.3. The Kier molecular flexibility index (Phi) is 9.21. The van der Waals surface area contributed by atoms with Crippen molar-refractivity contribution in [2.45, 2.75) is 24.5 Å². The van der Waals surface area contributed by atoms with Crippen LogP contribution in [0.1, 0.15) is 16.7 Å². The van der Waals surface area contributed by atoms with E-state index < -0.39 is 36.8 Å². The normalized spacial score (nSPS) is 11.6. The molecule has 12 heteroatoms. The van der Waals surface area contributed by atoms with Gasteiger partial charge in [0, 0.05) is 10.6 Å². The van der Waals surface area contributed by atoms with Crippen molar-refractivity contribution in [3.63, 3.8) is 0 Å². The highest BCUT2D eigenvalue weighted by Crippen LogP contribution is 2.32. The summed E-state index contributed by atoms with van der Waals surface area (Å²) in [5, 5.41) is 8.74. The van der Waals surface area contributed by atoms with Gasteiger partial charge in [0.2, 0.25) is 0 Å². The third-order valence-electron chi connectivity index (χ3n) is 4.83. The molecule has 0 atom stereocenters. The molecule has 0 spiro atoms. The van der Waals surface area contributed by atoms with Crippen LogP contribution in [-0.2, 0) is 4.79 Å². The molecule has 0 fully saturated rings. The van der Waals surface area contributed by atoms with E-state index in [0.717, 1.165) is 34.7 Å². The first-order valence-corrected chi connectivity index (χ1v) is 11.8. The number of aliphatic carboxylic acids is 1. The van der Waals surface area contributed by atoms with Gasteiger partial charge in [-0.2, -0.15) is 0 Å². The fraction of sp³-hybridized carbons (Fsp3) is 0.192. The van der Waals surface area contributed by atoms with Gasteiger partial charge in [0.15, 0.2) is 6.61 Å². The quantitative estimate of drug-likeness (QED) is 0.206. The number of carbonyl (C=O) groups is 1. The molecular weight excluding hydrogens is 538 g/mol. The lowest BCUT2D eigenvalue weighted by Crippen LogP contribution is -2.17. The predicted octanol–water partition coefficient (Wildman–Crippen LogP) is 7.48. The highest BCUT2D eigenvalue weighted by Gasteiger charge is 2.31. The molecule has 0 saturated heterocycles. The van der Waals surface area contributed by atoms with Crippen LogP contribution in [0.15, 0.2) is 77.7 Å². The molecule has 3 rings (SSSR count). The number of carboxylic acid groups (broad SMARTS) is 1. The van der Waals surface area contributed by atoms with Gasteiger partial charge in [0.1, 0.15) is 17.2 Å². The number of thioether (sulfide) groups is 1. The lowest BCUT2D eigenvalue weighted by atomic mass is 9.97. The first-order valence-electron chi connectivity index (χ1n) is 10.8. The van der Waals surface area contributed by atoms with E-state index in [1.165, 1.54) is 36.0 Å². The summed E-state index contributed by atoms with van der Waals surface area (Å²) in [5.74, 6) is -1.13. The highest BCUT2D eigenvalue weighted by atomic mass is 32.2. The van der Waals surface area contributed by atoms with Crippen molar-refractivity contribution in [3.05, 3.63) is 89.5 Å². The van der Waals surface area contributed by atoms with Crippen molar-refractivity contribution < 1.29 is 50.5 Å². The van der Waals surface area contributed by atoms with Crippen LogP contribution >= 0.6 is 11.8 Å². The molecule has 202 valence electrons. The minimum atomic E-state index is -4.85. The second-order valence-corrected chi connectivity index (χ2v) is 8.74. The van der Waals surface area contributed by atoms with Crippen LogP contribution in [-0.4, -0.2) is 36.2 Å². The summed E-state index contributed by atoms with van der Waals surface area (Å²) >= 11 is 1.42. The second kappa shape index (κ2) is 12.2. The minimum absolute atomic E-state index is 0.396. The van der Waals surface area contributed by atoms with E-state index >= 15 is 0 Å². The smallest absolute Gasteiger partial charge is 0.482 e. The number of alkyl halides is 6. The Balaban J connectivity index is 1.84. The maximum absolute atomic E-state index is 12.5. The molecule has 0 heterocycles. The Morgan fingerprint density at radius 2 is 1.29 bits per heavy atom. The topological polar surface area (TPSA) is 65.0 Å². The van der Waals surface area contributed by atoms with Gasteiger partial charge in [-0.1, -0.05) is 30.3 Å². The van der Waals surface area contributed by atoms with Crippen molar-refractivity contribution >= 4 is 23.3 Å². The summed E-state index contributed by atoms with van der Waals surface area (Å²) in [7, 11) is 0. The summed E-state index contributed by atoms with van der Waals surface area (Å²) in [6.45, 7) is 1.34. The molecule has 0 saturated carbocycles. The van der Waals surface area contributed by atoms with Gasteiger partial charge < -0.3 is 19.3 Å². The lowest BCUT2D eigenvalue weighted by Gasteiger charge is -2.13. The number of benzene rings is 3. The van der Waals surface area contributed by atoms with Gasteiger partial charge in [0.05, 0.1) is 0 Å². The number of carboxylic acids is 1. The molecule has 0 radical (unpaired) electrons. The van der Waals surface area contributed by atoms with E-state index in [2.05, 4.69) is 9.47 Å². The number of hydrogen-bond acceptors (Lipinski definition) is 5. The Bertz CT molecular complexity index is 1210. The van der Waals surface area contributed by atoms with Gasteiger partial charge >= 0.3 is 18.7 Å². The molecular formula is C26H20F6O5S. The number of aryl methyl sites for hydroxylation is 1. The molecule has 0 amide bonds. The fourth-order valence-corrected chi connectivity index (χ4v) is 4.19. The van der Waals surface area contributed by atoms with Crippen LogP contribution in [0, 0.1) is 6.92 Å². The minimum Gasteiger partial charge on any atom is -0.482 e. The third-order valence-corrected chi connectivity index (χ3v) is 5.94. The third kappa shape index (κ3) is 9.25. The summed E-state index contributed by atoms with van der Waals surface area (Å²) in [4.78, 5) is 11.5. The number of hydrogen-bond donors (Lipinski definition) is 1. The van der Waals surface area contributed by atoms with Crippen LogP contribution < -0.4 is 14.2 Å². The Hall–Kier alpha value is -3.80. The zero-order valence-corrected chi connectivity index (χ0v) is 20.4. The average Bonchev–Trinajstić information content (AvgIpc) is 2.81. The van der Waals surface area contributed by atoms with Gasteiger partial charge in [-0.05, 0) is 71.7 Å². The molecule has 3 aromatic rings. The largest absolute Gasteiger partial charge is 0.573 e. The van der Waals surface area contributed by atoms with E-state index in [0.29, 0.717) is 28.2 Å². The van der Waals surface area contributed by atoms with Crippen molar-refractivity contribution in [2.24, 2.45) is 0 Å². The SMILES string of the molecule is Cc1cc(OCC(=O)O)ccc1SCC=C(c1ccc(OC(F)(F)F)cc1)c1ccc(OC(F)(F)F)cc1. The molecule has 0 aliphatic heterocycles. The van der Waals surface area contributed by atoms with E-state index in [1.54, 1.807) is 24.3 Å². The predicted molar refractivity (Wildman–Crippen MR) is 128 cm³/mol. The van der Waals surface area contributed by atoms with Gasteiger partial charge in [-0.3, -0.25) is 0 Å². The number of halogens is 6. The van der Waals surface area contributed by atoms with Crippen molar-refractivity contribution in [3.8, 4) is 17.2 Å². The summed E-state index contributed by atoms with van der Waals surface area (Å²) < 4.78 is 88.1. The molecule has 0 unspecified atom stereocenters. The van der Waals surface area contributed by atoms with E-state index in [9.17, 15) is 31.1 Å². The van der Waals surface area contributed by atoms with Gasteiger partial charge in [-0.15, -0.1) is 38.1 Å². The Morgan fingerprint density at radius 3 is 1.71 bits per heavy atom. The summed E-state index contributed by atoms with van der Waals surface area (Å²) in [6.07, 6.45) is -7.91. The number of rotatable bonds is 10. The molecule has 1 N–H and O–H groups in total. The zero-order valence-electron chi connectivity index (χ0n) is 19.6. The van der Waals surface area contributed by atoms with E-state index in [-0.39, 0.29) is 0 Å². The first-order chi connectivity index (χ1) is 17.8. The standard InChI is InChI=1S/C26H20F6O5S/c1-16-14-21(35-15-24(33)34)10-11-23(16)38-13-12-22(17-2-6-19(7-3-17)36-25(27,28)29)18-4-8-20(9-5-18)37-26(30,31)32/h2-12,14H,13,15H2,1H3,(H,33,34). The van der Waals surface area contributed by atoms with Crippen LogP contribution in [0.4, 0.5) is 26.3 Å². The molecule has 0 aliphatic rings. The van der Waals surface area contributed by atoms with E-state index in [4.69, 9.17) is 9.84 Å². The number of ether oxygens (including phenoxy) is 3. The van der Waals surface area contributed by atoms with Crippen molar-refractivity contribution in [1.82, 2.24) is 0 Å². The van der Waals surface area contributed by atoms with Gasteiger partial charge in [-0.25, -0.2) is 4.79 Å². The lowest BCUT2D eigenvalue weighted by molar-refractivity contribution is -0.275. The molecule has 0 aliphatic carbocycles. The van der Waals surface area contributed by atoms with Crippen molar-refractivity contribution in [1.29, 1.82) is 0 Å². The van der Waals surface area contributed by atoms with Crippen LogP contribution in [0.25, 0.3) is 5.57 Å². The van der Waals surface area contributed by atoms with Gasteiger partial charge in [0.25, 0.3) is 0 Å². The average molecular weight is 558 g/mol. The molecule has 0 aromatic heterocycles. The molecule has 38 heavy (non-hydrogen) atoms. The molecule has 0 bridgehead atoms. The first kappa shape index (κ1) is 28.8. The highest BCUT2D eigenvalue weighted by molar-refractivity contribution is 7.99. The summed E-state index contributed by atoms with van der Waals surface area (Å²) in [5.41, 5.74) is 2.42. The maximum atomic E-state index is 12.5. The van der Waals surface area contributed by atoms with Crippen molar-refractivity contribution in [2.75, 3.05) is 12.4 Å². The van der Waals surface area contributed by atoms with Crippen LogP contribution in [0.2, 0.25) is 0 Å². The second-order valence-electron chi connectivity index (χ2n) is 7.68. The van der Waals surface area contributed by atoms with Crippen LogP contribution in [0.3, 0.4) is 0 Å². The molecule has 3 aromatic carbocycles. The maximum Gasteiger partial charge on any atom is 0.573 e. The Morgan fingerprint density at radius 1 is 0.816 bits per heavy atom. The van der Waals surface area contributed by atoms with Crippen LogP contribution in [0.5, 0.6) is 17.2 Å². The Labute approximate surface area is 217 Å². The zero-order chi connectivity index (χ0) is 27.9.